The molecule has 1 unspecified atom stereocenters. The maximum atomic E-state index is 12.4. The monoisotopic (exact) mass is 285 g/mol. The van der Waals surface area contributed by atoms with Gasteiger partial charge in [-0.3, -0.25) is 4.79 Å². The van der Waals surface area contributed by atoms with Crippen LogP contribution < -0.4 is 0 Å². The van der Waals surface area contributed by atoms with Crippen LogP contribution in [-0.4, -0.2) is 29.5 Å². The molecule has 1 aliphatic heterocycles. The molecular weight excluding hydrogens is 262 g/mol. The van der Waals surface area contributed by atoms with Crippen LogP contribution in [0.4, 0.5) is 0 Å². The summed E-state index contributed by atoms with van der Waals surface area (Å²) in [5.74, 6) is 0.0299. The van der Waals surface area contributed by atoms with Crippen LogP contribution in [0.1, 0.15) is 32.4 Å². The highest BCUT2D eigenvalue weighted by molar-refractivity contribution is 5.88. The molecule has 0 bridgehead atoms. The number of nitrogens with zero attached hydrogens (tertiary/aromatic N) is 1. The van der Waals surface area contributed by atoms with Gasteiger partial charge in [0.25, 0.3) is 0 Å². The predicted molar refractivity (Wildman–Crippen MR) is 84.9 cm³/mol. The van der Waals surface area contributed by atoms with Crippen LogP contribution >= 0.6 is 0 Å². The highest BCUT2D eigenvalue weighted by Crippen LogP contribution is 2.30. The third-order valence-electron chi connectivity index (χ3n) is 3.70. The zero-order valence-corrected chi connectivity index (χ0v) is 13.0. The standard InChI is InChI=1S/C18H23NO2/c1-4-5-7-12-17(20)19-13-16(21-14-18(19,2)3)15-10-8-6-9-11-15/h4-12,16H,13-14H2,1-3H3. The predicted octanol–water partition coefficient (Wildman–Crippen LogP) is 3.50. The Morgan fingerprint density at radius 3 is 2.67 bits per heavy atom. The van der Waals surface area contributed by atoms with Gasteiger partial charge in [0.05, 0.1) is 18.7 Å². The topological polar surface area (TPSA) is 29.5 Å². The zero-order chi connectivity index (χ0) is 15.3. The van der Waals surface area contributed by atoms with Crippen molar-refractivity contribution in [3.05, 3.63) is 60.2 Å². The van der Waals surface area contributed by atoms with Gasteiger partial charge in [0.2, 0.25) is 5.91 Å². The van der Waals surface area contributed by atoms with E-state index in [-0.39, 0.29) is 17.6 Å². The second-order valence-corrected chi connectivity index (χ2v) is 5.86. The summed E-state index contributed by atoms with van der Waals surface area (Å²) in [5, 5.41) is 0. The largest absolute Gasteiger partial charge is 0.369 e. The lowest BCUT2D eigenvalue weighted by Crippen LogP contribution is -2.55. The minimum atomic E-state index is -0.289. The number of hydrogen-bond donors (Lipinski definition) is 0. The molecule has 3 nitrogen and oxygen atoms in total. The van der Waals surface area contributed by atoms with E-state index in [0.29, 0.717) is 13.2 Å². The first-order valence-corrected chi connectivity index (χ1v) is 7.32. The Labute approximate surface area is 126 Å². The Morgan fingerprint density at radius 2 is 2.00 bits per heavy atom. The summed E-state index contributed by atoms with van der Waals surface area (Å²) in [6.07, 6.45) is 7.11. The van der Waals surface area contributed by atoms with Crippen molar-refractivity contribution in [2.75, 3.05) is 13.2 Å². The van der Waals surface area contributed by atoms with Crippen LogP contribution in [0.5, 0.6) is 0 Å². The molecule has 0 saturated carbocycles. The smallest absolute Gasteiger partial charge is 0.247 e. The molecule has 0 aliphatic carbocycles. The van der Waals surface area contributed by atoms with Crippen LogP contribution in [0.15, 0.2) is 54.6 Å². The third-order valence-corrected chi connectivity index (χ3v) is 3.70. The molecule has 1 amide bonds. The Morgan fingerprint density at radius 1 is 1.29 bits per heavy atom. The fourth-order valence-corrected chi connectivity index (χ4v) is 2.44. The molecule has 0 radical (unpaired) electrons. The summed E-state index contributed by atoms with van der Waals surface area (Å²) in [6.45, 7) is 7.12. The molecule has 0 spiro atoms. The number of amides is 1. The van der Waals surface area contributed by atoms with E-state index in [1.54, 1.807) is 12.2 Å². The highest BCUT2D eigenvalue weighted by atomic mass is 16.5. The number of allylic oxidation sites excluding steroid dienone is 3. The molecule has 1 aromatic carbocycles. The van der Waals surface area contributed by atoms with Crippen molar-refractivity contribution in [1.82, 2.24) is 4.90 Å². The number of carbonyl (C=O) groups is 1. The van der Waals surface area contributed by atoms with E-state index < -0.39 is 0 Å². The maximum Gasteiger partial charge on any atom is 0.247 e. The van der Waals surface area contributed by atoms with E-state index in [9.17, 15) is 4.79 Å². The van der Waals surface area contributed by atoms with Crippen molar-refractivity contribution in [2.24, 2.45) is 0 Å². The van der Waals surface area contributed by atoms with Gasteiger partial charge in [0.1, 0.15) is 6.10 Å². The first-order chi connectivity index (χ1) is 10.0. The van der Waals surface area contributed by atoms with Crippen molar-refractivity contribution in [1.29, 1.82) is 0 Å². The van der Waals surface area contributed by atoms with Gasteiger partial charge in [-0.15, -0.1) is 0 Å². The van der Waals surface area contributed by atoms with E-state index >= 15 is 0 Å². The minimum absolute atomic E-state index is 0.0299. The number of ether oxygens (including phenoxy) is 1. The molecule has 2 rings (SSSR count). The Balaban J connectivity index is 2.15. The van der Waals surface area contributed by atoms with Gasteiger partial charge >= 0.3 is 0 Å². The molecule has 1 heterocycles. The molecule has 3 heteroatoms. The Hall–Kier alpha value is -1.87. The molecule has 0 aromatic heterocycles. The lowest BCUT2D eigenvalue weighted by Gasteiger charge is -2.45. The molecule has 1 aromatic rings. The summed E-state index contributed by atoms with van der Waals surface area (Å²) in [5.41, 5.74) is 0.825. The van der Waals surface area contributed by atoms with Gasteiger partial charge < -0.3 is 9.64 Å². The van der Waals surface area contributed by atoms with Crippen molar-refractivity contribution >= 4 is 5.91 Å². The fourth-order valence-electron chi connectivity index (χ4n) is 2.44. The van der Waals surface area contributed by atoms with Crippen LogP contribution in [-0.2, 0) is 9.53 Å². The number of benzene rings is 1. The second kappa shape index (κ2) is 6.72. The first kappa shape index (κ1) is 15.5. The quantitative estimate of drug-likeness (QED) is 0.628. The number of hydrogen-bond acceptors (Lipinski definition) is 2. The number of carbonyl (C=O) groups excluding carboxylic acids is 1. The molecule has 1 saturated heterocycles. The molecule has 0 N–H and O–H groups in total. The molecule has 21 heavy (non-hydrogen) atoms. The summed E-state index contributed by atoms with van der Waals surface area (Å²) in [7, 11) is 0. The summed E-state index contributed by atoms with van der Waals surface area (Å²) >= 11 is 0. The van der Waals surface area contributed by atoms with Crippen molar-refractivity contribution < 1.29 is 9.53 Å². The zero-order valence-electron chi connectivity index (χ0n) is 13.0. The lowest BCUT2D eigenvalue weighted by atomic mass is 9.98. The molecule has 112 valence electrons. The average molecular weight is 285 g/mol. The van der Waals surface area contributed by atoms with E-state index in [0.717, 1.165) is 5.56 Å². The van der Waals surface area contributed by atoms with Crippen molar-refractivity contribution in [3.8, 4) is 0 Å². The fraction of sp³-hybridized carbons (Fsp3) is 0.389. The van der Waals surface area contributed by atoms with E-state index in [1.807, 2.05) is 68.2 Å². The van der Waals surface area contributed by atoms with Gasteiger partial charge in [0, 0.05) is 6.08 Å². The Bertz CT molecular complexity index is 531. The minimum Gasteiger partial charge on any atom is -0.369 e. The van der Waals surface area contributed by atoms with E-state index in [1.165, 1.54) is 0 Å². The van der Waals surface area contributed by atoms with Gasteiger partial charge in [-0.25, -0.2) is 0 Å². The lowest BCUT2D eigenvalue weighted by molar-refractivity contribution is -0.149. The summed E-state index contributed by atoms with van der Waals surface area (Å²) in [4.78, 5) is 14.3. The van der Waals surface area contributed by atoms with Crippen LogP contribution in [0, 0.1) is 0 Å². The second-order valence-electron chi connectivity index (χ2n) is 5.86. The molecule has 1 fully saturated rings. The Kier molecular flexibility index (Phi) is 4.97. The van der Waals surface area contributed by atoms with Crippen LogP contribution in [0.2, 0.25) is 0 Å². The normalized spacial score (nSPS) is 22.0. The van der Waals surface area contributed by atoms with Crippen LogP contribution in [0.3, 0.4) is 0 Å². The van der Waals surface area contributed by atoms with E-state index in [4.69, 9.17) is 4.74 Å². The molecular formula is C18H23NO2. The van der Waals surface area contributed by atoms with Crippen LogP contribution in [0.25, 0.3) is 0 Å². The SMILES string of the molecule is CC=CC=CC(=O)N1CC(c2ccccc2)OCC1(C)C. The molecule has 1 atom stereocenters. The van der Waals surface area contributed by atoms with E-state index in [2.05, 4.69) is 0 Å². The van der Waals surface area contributed by atoms with Gasteiger partial charge in [-0.2, -0.15) is 0 Å². The van der Waals surface area contributed by atoms with Gasteiger partial charge in [-0.05, 0) is 26.3 Å². The number of morpholine rings is 1. The first-order valence-electron chi connectivity index (χ1n) is 7.32. The molecule has 1 aliphatic rings. The number of rotatable bonds is 3. The van der Waals surface area contributed by atoms with Crippen molar-refractivity contribution in [3.63, 3.8) is 0 Å². The third kappa shape index (κ3) is 3.82. The maximum absolute atomic E-state index is 12.4. The highest BCUT2D eigenvalue weighted by Gasteiger charge is 2.37. The van der Waals surface area contributed by atoms with Gasteiger partial charge in [-0.1, -0.05) is 48.6 Å². The van der Waals surface area contributed by atoms with Crippen molar-refractivity contribution in [2.45, 2.75) is 32.4 Å². The summed E-state index contributed by atoms with van der Waals surface area (Å²) in [6, 6.07) is 10.1. The average Bonchev–Trinajstić information content (AvgIpc) is 2.48. The summed E-state index contributed by atoms with van der Waals surface area (Å²) < 4.78 is 5.95. The van der Waals surface area contributed by atoms with Gasteiger partial charge in [0.15, 0.2) is 0 Å².